The summed E-state index contributed by atoms with van der Waals surface area (Å²) in [5.74, 6) is -0.162. The van der Waals surface area contributed by atoms with E-state index in [4.69, 9.17) is 0 Å². The molecular weight excluding hydrogens is 260 g/mol. The predicted octanol–water partition coefficient (Wildman–Crippen LogP) is 3.15. The predicted molar refractivity (Wildman–Crippen MR) is 78.3 cm³/mol. The number of amides is 2. The molecule has 2 amide bonds. The summed E-state index contributed by atoms with van der Waals surface area (Å²) in [4.78, 5) is 25.3. The van der Waals surface area contributed by atoms with E-state index in [0.717, 1.165) is 23.0 Å². The van der Waals surface area contributed by atoms with E-state index in [9.17, 15) is 9.59 Å². The number of thioether (sulfide) groups is 1. The molecule has 0 bridgehead atoms. The fourth-order valence-corrected chi connectivity index (χ4v) is 3.11. The molecule has 1 saturated heterocycles. The fraction of sp³-hybridized carbons (Fsp3) is 0.429. The van der Waals surface area contributed by atoms with Crippen molar-refractivity contribution in [2.24, 2.45) is 0 Å². The third-order valence-corrected chi connectivity index (χ3v) is 4.02. The molecule has 0 aromatic heterocycles. The first-order valence-corrected chi connectivity index (χ1v) is 7.15. The number of anilines is 1. The zero-order chi connectivity index (χ0) is 14.2. The highest BCUT2D eigenvalue weighted by Crippen LogP contribution is 2.30. The first-order valence-electron chi connectivity index (χ1n) is 6.27. The van der Waals surface area contributed by atoms with Crippen LogP contribution in [0.15, 0.2) is 18.2 Å². The van der Waals surface area contributed by atoms with Crippen molar-refractivity contribution in [1.82, 2.24) is 4.90 Å². The molecule has 1 aliphatic heterocycles. The molecular formula is C14H18N2O2S. The van der Waals surface area contributed by atoms with Crippen molar-refractivity contribution in [3.63, 3.8) is 0 Å². The van der Waals surface area contributed by atoms with Gasteiger partial charge >= 0.3 is 0 Å². The molecule has 0 saturated carbocycles. The van der Waals surface area contributed by atoms with Gasteiger partial charge in [0.25, 0.3) is 11.1 Å². The first-order chi connectivity index (χ1) is 8.90. The average molecular weight is 278 g/mol. The first kappa shape index (κ1) is 13.9. The number of carbonyl (C=O) groups is 2. The molecule has 102 valence electrons. The van der Waals surface area contributed by atoms with Crippen LogP contribution in [0.5, 0.6) is 0 Å². The van der Waals surface area contributed by atoms with Crippen LogP contribution < -0.4 is 5.32 Å². The third-order valence-electron chi connectivity index (χ3n) is 3.06. The number of nitrogens with zero attached hydrogens (tertiary/aromatic N) is 1. The van der Waals surface area contributed by atoms with Crippen LogP contribution in [0.3, 0.4) is 0 Å². The molecule has 19 heavy (non-hydrogen) atoms. The normalized spacial score (nSPS) is 19.4. The quantitative estimate of drug-likeness (QED) is 0.922. The van der Waals surface area contributed by atoms with Gasteiger partial charge in [0, 0.05) is 11.7 Å². The zero-order valence-electron chi connectivity index (χ0n) is 11.6. The fourth-order valence-electron chi connectivity index (χ4n) is 2.10. The molecule has 1 N–H and O–H groups in total. The second kappa shape index (κ2) is 5.25. The maximum atomic E-state index is 12.2. The minimum Gasteiger partial charge on any atom is -0.365 e. The highest BCUT2D eigenvalue weighted by molar-refractivity contribution is 8.15. The number of imide groups is 1. The maximum Gasteiger partial charge on any atom is 0.291 e. The van der Waals surface area contributed by atoms with Crippen LogP contribution in [0.2, 0.25) is 0 Å². The molecule has 1 fully saturated rings. The Morgan fingerprint density at radius 2 is 1.95 bits per heavy atom. The Kier molecular flexibility index (Phi) is 3.85. The van der Waals surface area contributed by atoms with Crippen molar-refractivity contribution in [2.75, 3.05) is 5.32 Å². The Hall–Kier alpha value is -1.49. The van der Waals surface area contributed by atoms with Crippen LogP contribution in [0.1, 0.15) is 25.0 Å². The van der Waals surface area contributed by atoms with E-state index in [1.54, 1.807) is 0 Å². The standard InChI is InChI=1S/C14H18N2O2S/c1-8(2)16-13(17)12(19-14(16)18)15-11-6-5-9(3)7-10(11)4/h5-8,12,15H,1-4H3. The summed E-state index contributed by atoms with van der Waals surface area (Å²) >= 11 is 1.04. The van der Waals surface area contributed by atoms with Crippen LogP contribution in [-0.4, -0.2) is 27.5 Å². The van der Waals surface area contributed by atoms with Crippen LogP contribution in [0.4, 0.5) is 10.5 Å². The number of rotatable bonds is 3. The van der Waals surface area contributed by atoms with E-state index in [0.29, 0.717) is 0 Å². The number of benzene rings is 1. The molecule has 1 aromatic rings. The summed E-state index contributed by atoms with van der Waals surface area (Å²) in [6, 6.07) is 5.88. The summed E-state index contributed by atoms with van der Waals surface area (Å²) in [5, 5.41) is 2.46. The summed E-state index contributed by atoms with van der Waals surface area (Å²) in [6.45, 7) is 7.70. The number of nitrogens with one attached hydrogen (secondary N) is 1. The largest absolute Gasteiger partial charge is 0.365 e. The van der Waals surface area contributed by atoms with Crippen LogP contribution in [-0.2, 0) is 4.79 Å². The van der Waals surface area contributed by atoms with Crippen molar-refractivity contribution >= 4 is 28.6 Å². The Balaban J connectivity index is 2.16. The second-order valence-electron chi connectivity index (χ2n) is 5.03. The lowest BCUT2D eigenvalue weighted by Gasteiger charge is -2.18. The summed E-state index contributed by atoms with van der Waals surface area (Å²) < 4.78 is 0. The van der Waals surface area contributed by atoms with Gasteiger partial charge in [0.05, 0.1) is 0 Å². The van der Waals surface area contributed by atoms with Crippen molar-refractivity contribution < 1.29 is 9.59 Å². The molecule has 1 atom stereocenters. The van der Waals surface area contributed by atoms with Crippen LogP contribution in [0.25, 0.3) is 0 Å². The Labute approximate surface area is 117 Å². The van der Waals surface area contributed by atoms with E-state index in [-0.39, 0.29) is 17.2 Å². The van der Waals surface area contributed by atoms with Crippen LogP contribution >= 0.6 is 11.8 Å². The van der Waals surface area contributed by atoms with E-state index in [2.05, 4.69) is 11.4 Å². The molecule has 1 heterocycles. The number of aryl methyl sites for hydroxylation is 2. The van der Waals surface area contributed by atoms with E-state index in [1.807, 2.05) is 39.8 Å². The van der Waals surface area contributed by atoms with Gasteiger partial charge in [-0.2, -0.15) is 0 Å². The van der Waals surface area contributed by atoms with E-state index in [1.165, 1.54) is 10.5 Å². The topological polar surface area (TPSA) is 49.4 Å². The number of hydrogen-bond donors (Lipinski definition) is 1. The SMILES string of the molecule is Cc1ccc(NC2SC(=O)N(C(C)C)C2=O)c(C)c1. The van der Waals surface area contributed by atoms with Gasteiger partial charge in [-0.25, -0.2) is 0 Å². The maximum absolute atomic E-state index is 12.2. The van der Waals surface area contributed by atoms with Gasteiger partial charge in [0.2, 0.25) is 0 Å². The average Bonchev–Trinajstić information content (AvgIpc) is 2.58. The van der Waals surface area contributed by atoms with Crippen molar-refractivity contribution in [3.05, 3.63) is 29.3 Å². The number of hydrogen-bond acceptors (Lipinski definition) is 4. The Morgan fingerprint density at radius 3 is 2.47 bits per heavy atom. The van der Waals surface area contributed by atoms with Gasteiger partial charge < -0.3 is 5.32 Å². The van der Waals surface area contributed by atoms with Crippen LogP contribution in [0, 0.1) is 13.8 Å². The molecule has 1 unspecified atom stereocenters. The van der Waals surface area contributed by atoms with Gasteiger partial charge in [-0.1, -0.05) is 17.7 Å². The molecule has 1 aliphatic rings. The highest BCUT2D eigenvalue weighted by atomic mass is 32.2. The lowest BCUT2D eigenvalue weighted by Crippen LogP contribution is -2.39. The minimum absolute atomic E-state index is 0.0987. The number of carbonyl (C=O) groups excluding carboxylic acids is 2. The smallest absolute Gasteiger partial charge is 0.291 e. The summed E-state index contributed by atoms with van der Waals surface area (Å²) in [5.41, 5.74) is 3.15. The van der Waals surface area contributed by atoms with Crippen molar-refractivity contribution in [2.45, 2.75) is 39.1 Å². The molecule has 1 aromatic carbocycles. The Bertz CT molecular complexity index is 528. The zero-order valence-corrected chi connectivity index (χ0v) is 12.4. The van der Waals surface area contributed by atoms with Gasteiger partial charge in [0.15, 0.2) is 5.37 Å². The molecule has 2 rings (SSSR count). The van der Waals surface area contributed by atoms with Crippen molar-refractivity contribution in [1.29, 1.82) is 0 Å². The van der Waals surface area contributed by atoms with E-state index >= 15 is 0 Å². The van der Waals surface area contributed by atoms with E-state index < -0.39 is 5.37 Å². The monoisotopic (exact) mass is 278 g/mol. The third kappa shape index (κ3) is 2.76. The van der Waals surface area contributed by atoms with Gasteiger partial charge in [-0.3, -0.25) is 14.5 Å². The lowest BCUT2D eigenvalue weighted by molar-refractivity contribution is -0.127. The van der Waals surface area contributed by atoms with Gasteiger partial charge in [-0.15, -0.1) is 0 Å². The lowest BCUT2D eigenvalue weighted by atomic mass is 10.1. The molecule has 4 nitrogen and oxygen atoms in total. The molecule has 5 heteroatoms. The summed E-state index contributed by atoms with van der Waals surface area (Å²) in [6.07, 6.45) is 0. The molecule has 0 aliphatic carbocycles. The summed E-state index contributed by atoms with van der Waals surface area (Å²) in [7, 11) is 0. The highest BCUT2D eigenvalue weighted by Gasteiger charge is 2.41. The molecule has 0 radical (unpaired) electrons. The minimum atomic E-state index is -0.517. The second-order valence-corrected chi connectivity index (χ2v) is 6.08. The Morgan fingerprint density at radius 1 is 1.26 bits per heavy atom. The van der Waals surface area contributed by atoms with Gasteiger partial charge in [0.1, 0.15) is 0 Å². The van der Waals surface area contributed by atoms with Gasteiger partial charge in [-0.05, 0) is 51.1 Å². The van der Waals surface area contributed by atoms with Crippen molar-refractivity contribution in [3.8, 4) is 0 Å². The molecule has 0 spiro atoms.